The molecule has 15 heteroatoms. The lowest BCUT2D eigenvalue weighted by Gasteiger charge is -2.30. The number of aromatic amines is 2. The molecule has 4 amide bonds. The average Bonchev–Trinajstić information content (AvgIpc) is 4.14. The zero-order valence-corrected chi connectivity index (χ0v) is 34.9. The Kier molecular flexibility index (Phi) is 12.0. The van der Waals surface area contributed by atoms with Crippen molar-refractivity contribution in [3.63, 3.8) is 0 Å². The lowest BCUT2D eigenvalue weighted by atomic mass is 9.98. The number of carbonyl (C=O) groups excluding carboxylic acids is 4. The lowest BCUT2D eigenvalue weighted by molar-refractivity contribution is -0.136. The van der Waals surface area contributed by atoms with E-state index < -0.39 is 42.4 Å². The van der Waals surface area contributed by atoms with E-state index in [1.165, 1.54) is 19.1 Å². The summed E-state index contributed by atoms with van der Waals surface area (Å²) in [6.45, 7) is 4.24. The maximum absolute atomic E-state index is 15.0. The van der Waals surface area contributed by atoms with Crippen LogP contribution in [0.2, 0.25) is 0 Å². The number of aromatic nitrogens is 4. The highest BCUT2D eigenvalue weighted by Crippen LogP contribution is 2.37. The monoisotopic (exact) mass is 840 g/mol. The predicted molar refractivity (Wildman–Crippen MR) is 231 cm³/mol. The number of nitrogens with one attached hydrogen (secondary N) is 4. The van der Waals surface area contributed by atoms with E-state index in [1.807, 2.05) is 44.2 Å². The summed E-state index contributed by atoms with van der Waals surface area (Å²) in [5.41, 5.74) is 6.04. The lowest BCUT2D eigenvalue weighted by Crippen LogP contribution is -2.51. The van der Waals surface area contributed by atoms with E-state index in [1.54, 1.807) is 41.6 Å². The van der Waals surface area contributed by atoms with Gasteiger partial charge in [0.1, 0.15) is 29.9 Å². The molecule has 0 saturated carbocycles. The van der Waals surface area contributed by atoms with Crippen molar-refractivity contribution < 1.29 is 33.0 Å². The number of imidazole rings is 2. The predicted octanol–water partition coefficient (Wildman–Crippen LogP) is 8.04. The zero-order valence-electron chi connectivity index (χ0n) is 34.9. The molecule has 1 unspecified atom stereocenters. The average molecular weight is 841 g/mol. The van der Waals surface area contributed by atoms with Crippen LogP contribution in [-0.4, -0.2) is 93.3 Å². The zero-order chi connectivity index (χ0) is 43.5. The number of benzene rings is 4. The Morgan fingerprint density at radius 2 is 1.29 bits per heavy atom. The molecule has 2 aliphatic heterocycles. The molecule has 2 aliphatic rings. The van der Waals surface area contributed by atoms with Gasteiger partial charge in [0.15, 0.2) is 0 Å². The van der Waals surface area contributed by atoms with Gasteiger partial charge in [0.2, 0.25) is 5.91 Å². The molecule has 4 N–H and O–H groups in total. The third-order valence-corrected chi connectivity index (χ3v) is 11.8. The van der Waals surface area contributed by atoms with Crippen LogP contribution in [0.1, 0.15) is 68.4 Å². The van der Waals surface area contributed by atoms with Crippen LogP contribution < -0.4 is 10.6 Å². The minimum absolute atomic E-state index is 0.0724. The first-order chi connectivity index (χ1) is 30.0. The second-order valence-electron chi connectivity index (χ2n) is 16.1. The number of halogens is 1. The molecule has 0 spiro atoms. The van der Waals surface area contributed by atoms with Crippen LogP contribution in [0.5, 0.6) is 0 Å². The number of amides is 4. The molecule has 2 aromatic heterocycles. The summed E-state index contributed by atoms with van der Waals surface area (Å²) in [5.74, 6) is 0.449. The molecule has 4 aromatic carbocycles. The number of carbonyl (C=O) groups is 4. The molecule has 8 rings (SSSR count). The van der Waals surface area contributed by atoms with Crippen LogP contribution in [0.25, 0.3) is 44.4 Å². The molecule has 2 fully saturated rings. The first-order valence-electron chi connectivity index (χ1n) is 20.7. The normalized spacial score (nSPS) is 18.5. The molecule has 320 valence electrons. The number of nitrogens with zero attached hydrogens (tertiary/aromatic N) is 4. The van der Waals surface area contributed by atoms with Gasteiger partial charge in [-0.15, -0.1) is 0 Å². The Hall–Kier alpha value is -7.03. The second kappa shape index (κ2) is 17.9. The molecule has 2 saturated heterocycles. The maximum atomic E-state index is 15.0. The number of fused-ring (bicyclic) bond motifs is 1. The maximum Gasteiger partial charge on any atom is 0.407 e. The van der Waals surface area contributed by atoms with Crippen molar-refractivity contribution in [1.29, 1.82) is 0 Å². The van der Waals surface area contributed by atoms with Crippen molar-refractivity contribution in [3.8, 4) is 33.6 Å². The van der Waals surface area contributed by atoms with Gasteiger partial charge >= 0.3 is 12.2 Å². The fourth-order valence-electron chi connectivity index (χ4n) is 8.50. The Balaban J connectivity index is 0.950. The Bertz CT molecular complexity index is 2580. The number of likely N-dealkylation sites (tertiary alicyclic amines) is 2. The van der Waals surface area contributed by atoms with Gasteiger partial charge in [0.05, 0.1) is 56.6 Å². The quantitative estimate of drug-likeness (QED) is 0.101. The Morgan fingerprint density at radius 1 is 0.710 bits per heavy atom. The number of H-pyrrole nitrogens is 2. The molecular formula is C47H49FN8O6. The number of ether oxygens (including phenoxy) is 2. The molecule has 0 bridgehead atoms. The summed E-state index contributed by atoms with van der Waals surface area (Å²) in [5, 5.41) is 7.43. The van der Waals surface area contributed by atoms with Crippen molar-refractivity contribution in [3.05, 3.63) is 121 Å². The number of methoxy groups -OCH3 is 2. The van der Waals surface area contributed by atoms with E-state index in [0.29, 0.717) is 23.8 Å². The molecule has 4 heterocycles. The van der Waals surface area contributed by atoms with Crippen LogP contribution in [0.15, 0.2) is 103 Å². The van der Waals surface area contributed by atoms with Crippen molar-refractivity contribution in [2.75, 3.05) is 27.3 Å². The van der Waals surface area contributed by atoms with Crippen LogP contribution in [0, 0.1) is 5.92 Å². The number of hydrogen-bond acceptors (Lipinski definition) is 8. The van der Waals surface area contributed by atoms with Crippen molar-refractivity contribution in [2.24, 2.45) is 5.92 Å². The van der Waals surface area contributed by atoms with Crippen LogP contribution in [0.3, 0.4) is 0 Å². The Morgan fingerprint density at radius 3 is 1.95 bits per heavy atom. The third kappa shape index (κ3) is 8.60. The molecule has 62 heavy (non-hydrogen) atoms. The SMILES string of the molecule is COC(=O)NC(C(=O)N1CCC[C@H]1c1ncc(-c2ccc3cc(-c4ccc(-c5cnc([C@@H]6C[C@H](F)CN6C(=O)[C@H](NC(=O)OC)c6ccccc6)[nH]5)cc4)ccc3c2)[nH]1)C(C)C. The topological polar surface area (TPSA) is 175 Å². The van der Waals surface area contributed by atoms with Gasteiger partial charge in [-0.2, -0.15) is 0 Å². The summed E-state index contributed by atoms with van der Waals surface area (Å²) >= 11 is 0. The van der Waals surface area contributed by atoms with Gasteiger partial charge < -0.3 is 39.9 Å². The number of alkyl halides is 1. The minimum Gasteiger partial charge on any atom is -0.453 e. The van der Waals surface area contributed by atoms with Crippen LogP contribution >= 0.6 is 0 Å². The van der Waals surface area contributed by atoms with E-state index >= 15 is 0 Å². The summed E-state index contributed by atoms with van der Waals surface area (Å²) in [6, 6.07) is 26.8. The first-order valence-corrected chi connectivity index (χ1v) is 20.7. The molecule has 14 nitrogen and oxygen atoms in total. The number of alkyl carbamates (subject to hydrolysis) is 2. The highest BCUT2D eigenvalue weighted by Gasteiger charge is 2.42. The minimum atomic E-state index is -1.26. The fraction of sp³-hybridized carbons (Fsp3) is 0.319. The van der Waals surface area contributed by atoms with E-state index in [4.69, 9.17) is 14.5 Å². The summed E-state index contributed by atoms with van der Waals surface area (Å²) in [6.07, 6.45) is 2.51. The van der Waals surface area contributed by atoms with Gasteiger partial charge in [0, 0.05) is 18.5 Å². The standard InChI is InChI=1S/C47H49FN8O6/c1-27(2)40(53-46(59)61-3)44(57)55-20-8-11-38(55)42-49-25-37(52-42)34-19-18-32-21-31(16-17-33(32)22-34)28-12-14-29(15-13-28)36-24-50-43(51-36)39-23-35(48)26-56(39)45(58)41(54-47(60)62-4)30-9-6-5-7-10-30/h5-7,9-10,12-19,21-22,24-25,27,35,38-41H,8,11,20,23,26H2,1-4H3,(H,49,52)(H,50,51)(H,53,59)(H,54,60)/t35-,38-,39-,40?,41+/m0/s1. The highest BCUT2D eigenvalue weighted by molar-refractivity contribution is 5.91. The fourth-order valence-corrected chi connectivity index (χ4v) is 8.50. The molecule has 0 radical (unpaired) electrons. The van der Waals surface area contributed by atoms with E-state index in [0.717, 1.165) is 57.3 Å². The Labute approximate surface area is 358 Å². The molecular weight excluding hydrogens is 792 g/mol. The van der Waals surface area contributed by atoms with Gasteiger partial charge in [-0.3, -0.25) is 9.59 Å². The van der Waals surface area contributed by atoms with Crippen LogP contribution in [-0.2, 0) is 19.1 Å². The first kappa shape index (κ1) is 41.7. The van der Waals surface area contributed by atoms with Gasteiger partial charge in [0.25, 0.3) is 5.91 Å². The smallest absolute Gasteiger partial charge is 0.407 e. The van der Waals surface area contributed by atoms with Gasteiger partial charge in [-0.25, -0.2) is 23.9 Å². The second-order valence-corrected chi connectivity index (χ2v) is 16.1. The summed E-state index contributed by atoms with van der Waals surface area (Å²) < 4.78 is 24.5. The van der Waals surface area contributed by atoms with Crippen LogP contribution in [0.4, 0.5) is 14.0 Å². The van der Waals surface area contributed by atoms with Gasteiger partial charge in [-0.05, 0) is 63.9 Å². The third-order valence-electron chi connectivity index (χ3n) is 11.8. The molecule has 0 aliphatic carbocycles. The molecule has 6 aromatic rings. The summed E-state index contributed by atoms with van der Waals surface area (Å²) in [7, 11) is 2.51. The van der Waals surface area contributed by atoms with E-state index in [2.05, 4.69) is 62.0 Å². The van der Waals surface area contributed by atoms with Crippen molar-refractivity contribution >= 4 is 34.8 Å². The van der Waals surface area contributed by atoms with Crippen molar-refractivity contribution in [2.45, 2.75) is 63.4 Å². The summed E-state index contributed by atoms with van der Waals surface area (Å²) in [4.78, 5) is 71.0. The van der Waals surface area contributed by atoms with E-state index in [9.17, 15) is 23.6 Å². The molecule has 5 atom stereocenters. The van der Waals surface area contributed by atoms with Gasteiger partial charge in [-0.1, -0.05) is 92.7 Å². The number of hydrogen-bond donors (Lipinski definition) is 4. The number of rotatable bonds is 11. The highest BCUT2D eigenvalue weighted by atomic mass is 19.1. The van der Waals surface area contributed by atoms with Crippen molar-refractivity contribution in [1.82, 2.24) is 40.4 Å². The largest absolute Gasteiger partial charge is 0.453 e. The van der Waals surface area contributed by atoms with E-state index in [-0.39, 0.29) is 30.8 Å².